The van der Waals surface area contributed by atoms with E-state index in [1.807, 2.05) is 78.9 Å². The van der Waals surface area contributed by atoms with Crippen molar-refractivity contribution in [2.24, 2.45) is 0 Å². The Kier molecular flexibility index (Phi) is 7.52. The molecule has 0 atom stereocenters. The molecule has 0 amide bonds. The molecule has 6 heteroatoms. The van der Waals surface area contributed by atoms with Crippen molar-refractivity contribution in [2.45, 2.75) is 6.18 Å². The van der Waals surface area contributed by atoms with E-state index < -0.39 is 11.7 Å². The average Bonchev–Trinajstić information content (AvgIpc) is 3.00. The summed E-state index contributed by atoms with van der Waals surface area (Å²) in [7, 11) is 4.78. The van der Waals surface area contributed by atoms with Crippen LogP contribution < -0.4 is 14.2 Å². The molecule has 0 radical (unpaired) electrons. The molecule has 3 nitrogen and oxygen atoms in total. The number of rotatable bonds is 7. The van der Waals surface area contributed by atoms with Crippen LogP contribution in [0.5, 0.6) is 17.2 Å². The van der Waals surface area contributed by atoms with Gasteiger partial charge in [0.15, 0.2) is 0 Å². The van der Waals surface area contributed by atoms with Crippen LogP contribution in [-0.4, -0.2) is 21.3 Å². The predicted octanol–water partition coefficient (Wildman–Crippen LogP) is 9.40. The van der Waals surface area contributed by atoms with Crippen LogP contribution in [0.2, 0.25) is 0 Å². The minimum absolute atomic E-state index is 0.540. The Morgan fingerprint density at radius 1 is 0.500 bits per heavy atom. The molecule has 0 saturated heterocycles. The summed E-state index contributed by atoms with van der Waals surface area (Å²) in [6.07, 6.45) is -4.45. The largest absolute Gasteiger partial charge is 0.497 e. The maximum Gasteiger partial charge on any atom is 0.416 e. The lowest BCUT2D eigenvalue weighted by atomic mass is 9.83. The predicted molar refractivity (Wildman–Crippen MR) is 153 cm³/mol. The number of methoxy groups -OCH3 is 3. The Morgan fingerprint density at radius 2 is 1.18 bits per heavy atom. The van der Waals surface area contributed by atoms with Crippen molar-refractivity contribution >= 4 is 0 Å². The van der Waals surface area contributed by atoms with Crippen molar-refractivity contribution in [1.82, 2.24) is 0 Å². The first-order chi connectivity index (χ1) is 19.4. The van der Waals surface area contributed by atoms with Gasteiger partial charge in [-0.05, 0) is 58.7 Å². The highest BCUT2D eigenvalue weighted by Gasteiger charge is 2.31. The van der Waals surface area contributed by atoms with Crippen molar-refractivity contribution in [3.8, 4) is 61.8 Å². The van der Waals surface area contributed by atoms with Crippen molar-refractivity contribution in [1.29, 1.82) is 0 Å². The van der Waals surface area contributed by atoms with Crippen LogP contribution in [0.15, 0.2) is 109 Å². The number of alkyl halides is 3. The number of benzene rings is 5. The van der Waals surface area contributed by atoms with Crippen LogP contribution in [0.4, 0.5) is 13.2 Å². The maximum atomic E-state index is 13.5. The molecule has 0 aliphatic heterocycles. The highest BCUT2D eigenvalue weighted by molar-refractivity contribution is 6.03. The fourth-order valence-electron chi connectivity index (χ4n) is 4.96. The molecule has 5 aromatic rings. The quantitative estimate of drug-likeness (QED) is 0.206. The third-order valence-electron chi connectivity index (χ3n) is 6.83. The molecule has 5 aromatic carbocycles. The molecule has 40 heavy (non-hydrogen) atoms. The summed E-state index contributed by atoms with van der Waals surface area (Å²) in [4.78, 5) is 0. The van der Waals surface area contributed by atoms with E-state index in [2.05, 4.69) is 6.07 Å². The van der Waals surface area contributed by atoms with Gasteiger partial charge in [0.2, 0.25) is 0 Å². The van der Waals surface area contributed by atoms with Gasteiger partial charge in [-0.3, -0.25) is 0 Å². The zero-order valence-electron chi connectivity index (χ0n) is 22.3. The lowest BCUT2D eigenvalue weighted by molar-refractivity contribution is -0.137. The van der Waals surface area contributed by atoms with Gasteiger partial charge in [0, 0.05) is 22.3 Å². The van der Waals surface area contributed by atoms with Crippen molar-refractivity contribution in [3.05, 3.63) is 115 Å². The second-order valence-corrected chi connectivity index (χ2v) is 9.13. The summed E-state index contributed by atoms with van der Waals surface area (Å²) in [5.74, 6) is 1.84. The van der Waals surface area contributed by atoms with E-state index in [1.165, 1.54) is 12.1 Å². The lowest BCUT2D eigenvalue weighted by Gasteiger charge is -2.24. The first-order valence-corrected chi connectivity index (χ1v) is 12.6. The third kappa shape index (κ3) is 5.13. The molecule has 0 fully saturated rings. The monoisotopic (exact) mass is 540 g/mol. The van der Waals surface area contributed by atoms with Gasteiger partial charge in [-0.25, -0.2) is 0 Å². The van der Waals surface area contributed by atoms with E-state index in [0.717, 1.165) is 45.5 Å². The van der Waals surface area contributed by atoms with E-state index in [-0.39, 0.29) is 0 Å². The van der Waals surface area contributed by atoms with Gasteiger partial charge in [-0.15, -0.1) is 0 Å². The Morgan fingerprint density at radius 3 is 1.82 bits per heavy atom. The molecule has 0 aliphatic carbocycles. The number of para-hydroxylation sites is 1. The molecule has 202 valence electrons. The SMILES string of the molecule is COc1cccc(-c2cc(-c3ccccc3)c(OC)c(-c3ccc(C(F)(F)F)cc3)c2-c2ccccc2OC)c1. The number of ether oxygens (including phenoxy) is 3. The molecule has 0 spiro atoms. The van der Waals surface area contributed by atoms with E-state index in [4.69, 9.17) is 14.2 Å². The fraction of sp³-hybridized carbons (Fsp3) is 0.118. The molecule has 0 aliphatic rings. The molecule has 0 heterocycles. The number of hydrogen-bond donors (Lipinski definition) is 0. The summed E-state index contributed by atoms with van der Waals surface area (Å²) in [6.45, 7) is 0. The minimum Gasteiger partial charge on any atom is -0.497 e. The van der Waals surface area contributed by atoms with Crippen LogP contribution in [0, 0.1) is 0 Å². The van der Waals surface area contributed by atoms with Gasteiger partial charge in [0.1, 0.15) is 17.2 Å². The molecule has 0 saturated carbocycles. The third-order valence-corrected chi connectivity index (χ3v) is 6.83. The molecular weight excluding hydrogens is 513 g/mol. The van der Waals surface area contributed by atoms with E-state index in [9.17, 15) is 13.2 Å². The Labute approximate surface area is 231 Å². The summed E-state index contributed by atoms with van der Waals surface area (Å²) in [5, 5.41) is 0. The standard InChI is InChI=1S/C34H27F3O3/c1-38-26-13-9-12-24(20-26)28-21-29(22-10-5-4-6-11-22)33(40-3)31(23-16-18-25(19-17-23)34(35,36)37)32(28)27-14-7-8-15-30(27)39-2/h4-21H,1-3H3. The van der Waals surface area contributed by atoms with Crippen LogP contribution in [0.25, 0.3) is 44.5 Å². The summed E-state index contributed by atoms with van der Waals surface area (Å²) >= 11 is 0. The average molecular weight is 541 g/mol. The Balaban J connectivity index is 1.96. The molecule has 5 rings (SSSR count). The van der Waals surface area contributed by atoms with Crippen molar-refractivity contribution in [3.63, 3.8) is 0 Å². The fourth-order valence-corrected chi connectivity index (χ4v) is 4.96. The van der Waals surface area contributed by atoms with Crippen LogP contribution >= 0.6 is 0 Å². The van der Waals surface area contributed by atoms with E-state index in [0.29, 0.717) is 28.4 Å². The molecular formula is C34H27F3O3. The zero-order valence-corrected chi connectivity index (χ0v) is 22.3. The van der Waals surface area contributed by atoms with Crippen LogP contribution in [0.1, 0.15) is 5.56 Å². The second kappa shape index (κ2) is 11.2. The van der Waals surface area contributed by atoms with E-state index >= 15 is 0 Å². The summed E-state index contributed by atoms with van der Waals surface area (Å²) < 4.78 is 57.9. The molecule has 0 unspecified atom stereocenters. The zero-order chi connectivity index (χ0) is 28.3. The normalized spacial score (nSPS) is 11.2. The lowest BCUT2D eigenvalue weighted by Crippen LogP contribution is -2.04. The van der Waals surface area contributed by atoms with Crippen LogP contribution in [-0.2, 0) is 6.18 Å². The Bertz CT molecular complexity index is 1630. The van der Waals surface area contributed by atoms with Gasteiger partial charge in [-0.1, -0.05) is 72.8 Å². The van der Waals surface area contributed by atoms with Gasteiger partial charge in [0.25, 0.3) is 0 Å². The van der Waals surface area contributed by atoms with Gasteiger partial charge >= 0.3 is 6.18 Å². The molecule has 0 aromatic heterocycles. The number of hydrogen-bond acceptors (Lipinski definition) is 3. The number of halogens is 3. The van der Waals surface area contributed by atoms with Gasteiger partial charge < -0.3 is 14.2 Å². The van der Waals surface area contributed by atoms with Crippen molar-refractivity contribution < 1.29 is 27.4 Å². The van der Waals surface area contributed by atoms with Gasteiger partial charge in [0.05, 0.1) is 26.9 Å². The molecule has 0 bridgehead atoms. The highest BCUT2D eigenvalue weighted by Crippen LogP contribution is 2.52. The summed E-state index contributed by atoms with van der Waals surface area (Å²) in [6, 6.07) is 32.3. The topological polar surface area (TPSA) is 27.7 Å². The smallest absolute Gasteiger partial charge is 0.416 e. The summed E-state index contributed by atoms with van der Waals surface area (Å²) in [5.41, 5.74) is 5.47. The maximum absolute atomic E-state index is 13.5. The van der Waals surface area contributed by atoms with Crippen LogP contribution in [0.3, 0.4) is 0 Å². The van der Waals surface area contributed by atoms with Gasteiger partial charge in [-0.2, -0.15) is 13.2 Å². The first-order valence-electron chi connectivity index (χ1n) is 12.6. The second-order valence-electron chi connectivity index (χ2n) is 9.13. The first kappa shape index (κ1) is 26.9. The Hall–Kier alpha value is -4.71. The minimum atomic E-state index is -4.45. The molecule has 0 N–H and O–H groups in total. The highest BCUT2D eigenvalue weighted by atomic mass is 19.4. The van der Waals surface area contributed by atoms with E-state index in [1.54, 1.807) is 21.3 Å². The van der Waals surface area contributed by atoms with Crippen molar-refractivity contribution in [2.75, 3.05) is 21.3 Å².